The number of carbonyl (C=O) groups is 2. The monoisotopic (exact) mass is 553 g/mol. The Kier molecular flexibility index (Phi) is 15.3. The summed E-state index contributed by atoms with van der Waals surface area (Å²) in [6.45, 7) is 13.5. The second-order valence-corrected chi connectivity index (χ2v) is 12.2. The minimum Gasteiger partial charge on any atom is -0.461 e. The first kappa shape index (κ1) is 37.4. The van der Waals surface area contributed by atoms with Gasteiger partial charge in [-0.15, -0.1) is 0 Å². The van der Waals surface area contributed by atoms with Gasteiger partial charge in [-0.25, -0.2) is 10.6 Å². The minimum absolute atomic E-state index is 0. The highest BCUT2D eigenvalue weighted by Crippen LogP contribution is 2.67. The summed E-state index contributed by atoms with van der Waals surface area (Å²) < 4.78 is 4.90. The topological polar surface area (TPSA) is 119 Å². The fourth-order valence-electron chi connectivity index (χ4n) is 8.78. The van der Waals surface area contributed by atoms with Crippen LogP contribution >= 0.6 is 0 Å². The second-order valence-electron chi connectivity index (χ2n) is 12.2. The number of hydrogen-bond donors (Lipinski definition) is 3. The molecule has 7 heteroatoms. The molecule has 0 aliphatic heterocycles. The van der Waals surface area contributed by atoms with Crippen molar-refractivity contribution >= 4 is 11.8 Å². The van der Waals surface area contributed by atoms with Crippen molar-refractivity contribution in [2.45, 2.75) is 114 Å². The molecule has 230 valence electrons. The molecular formula is C32H63N3O4. The lowest BCUT2D eigenvalue weighted by molar-refractivity contribution is -0.139. The Balaban J connectivity index is 0.00000230. The molecule has 0 radical (unpaired) electrons. The van der Waals surface area contributed by atoms with Crippen LogP contribution in [0.3, 0.4) is 0 Å². The Hall–Kier alpha value is -1.60. The van der Waals surface area contributed by atoms with Gasteiger partial charge < -0.3 is 20.6 Å². The number of nitrogens with two attached hydrogens (primary N) is 2. The van der Waals surface area contributed by atoms with Gasteiger partial charge >= 0.3 is 5.97 Å². The van der Waals surface area contributed by atoms with Crippen LogP contribution in [0.15, 0.2) is 11.9 Å². The molecule has 4 aliphatic carbocycles. The third-order valence-electron chi connectivity index (χ3n) is 10.5. The number of fused-ring (bicyclic) bond motifs is 5. The molecule has 4 rings (SSSR count). The smallest absolute Gasteiger partial charge is 0.355 e. The molecule has 4 fully saturated rings. The van der Waals surface area contributed by atoms with E-state index in [0.29, 0.717) is 11.3 Å². The minimum atomic E-state index is -0.604. The Labute approximate surface area is 240 Å². The van der Waals surface area contributed by atoms with Crippen LogP contribution in [0.1, 0.15) is 114 Å². The van der Waals surface area contributed by atoms with Gasteiger partial charge in [-0.05, 0) is 98.7 Å². The Bertz CT molecular complexity index is 802. The zero-order valence-electron chi connectivity index (χ0n) is 24.6. The Morgan fingerprint density at radius 1 is 0.974 bits per heavy atom. The van der Waals surface area contributed by atoms with E-state index in [1.165, 1.54) is 49.7 Å². The van der Waals surface area contributed by atoms with Gasteiger partial charge in [-0.3, -0.25) is 4.79 Å². The van der Waals surface area contributed by atoms with Gasteiger partial charge in [0.1, 0.15) is 5.70 Å². The van der Waals surface area contributed by atoms with E-state index in [-0.39, 0.29) is 50.8 Å². The molecule has 4 aliphatic rings. The van der Waals surface area contributed by atoms with Crippen LogP contribution in [0.4, 0.5) is 0 Å². The number of rotatable bonds is 6. The van der Waals surface area contributed by atoms with Gasteiger partial charge in [-0.2, -0.15) is 0 Å². The molecular weight excluding hydrogens is 490 g/mol. The van der Waals surface area contributed by atoms with Gasteiger partial charge in [-0.1, -0.05) is 55.9 Å². The van der Waals surface area contributed by atoms with E-state index in [4.69, 9.17) is 21.4 Å². The summed E-state index contributed by atoms with van der Waals surface area (Å²) in [5.41, 5.74) is 6.27. The van der Waals surface area contributed by atoms with Crippen molar-refractivity contribution in [1.82, 2.24) is 5.01 Å². The lowest BCUT2D eigenvalue weighted by Gasteiger charge is -2.61. The van der Waals surface area contributed by atoms with E-state index in [2.05, 4.69) is 20.8 Å². The number of esters is 1. The van der Waals surface area contributed by atoms with Crippen LogP contribution < -0.4 is 11.6 Å². The van der Waals surface area contributed by atoms with Crippen LogP contribution in [0.2, 0.25) is 0 Å². The van der Waals surface area contributed by atoms with Crippen molar-refractivity contribution in [1.29, 1.82) is 0 Å². The molecule has 0 heterocycles. The van der Waals surface area contributed by atoms with Crippen molar-refractivity contribution < 1.29 is 19.4 Å². The lowest BCUT2D eigenvalue weighted by Crippen LogP contribution is -2.54. The maximum Gasteiger partial charge on any atom is 0.355 e. The van der Waals surface area contributed by atoms with Crippen molar-refractivity contribution in [2.24, 2.45) is 57.9 Å². The summed E-state index contributed by atoms with van der Waals surface area (Å²) in [5, 5.41) is 8.26. The Morgan fingerprint density at radius 3 is 2.18 bits per heavy atom. The molecule has 8 atom stereocenters. The molecule has 0 aromatic heterocycles. The number of Topliss-reactive ketones (excluding diaryl/α,β-unsaturated/α-hetero) is 1. The third kappa shape index (κ3) is 7.58. The van der Waals surface area contributed by atoms with E-state index in [9.17, 15) is 9.59 Å². The zero-order valence-corrected chi connectivity index (χ0v) is 24.6. The van der Waals surface area contributed by atoms with Crippen LogP contribution in [-0.2, 0) is 14.3 Å². The molecule has 0 spiro atoms. The highest BCUT2D eigenvalue weighted by atomic mass is 16.5. The van der Waals surface area contributed by atoms with Crippen molar-refractivity contribution in [3.05, 3.63) is 11.9 Å². The summed E-state index contributed by atoms with van der Waals surface area (Å²) in [6.07, 6.45) is 12.8. The highest BCUT2D eigenvalue weighted by Gasteiger charge is 2.60. The number of carbonyl (C=O) groups excluding carboxylic acids is 2. The first-order chi connectivity index (χ1) is 17.6. The highest BCUT2D eigenvalue weighted by molar-refractivity contribution is 5.87. The first-order valence-corrected chi connectivity index (χ1v) is 14.7. The van der Waals surface area contributed by atoms with Crippen LogP contribution in [0, 0.1) is 46.3 Å². The number of hydrazine groups is 1. The number of aliphatic hydroxyl groups excluding tert-OH is 1. The SMILES string of the molecule is C.C.CC.CCOC(=O)/C(N)=C/N(N)CC(=O)[C@H]1CCC2C3CCC4CC(C)CCC4(C)C3CCC21C.CO. The van der Waals surface area contributed by atoms with E-state index in [1.54, 1.807) is 6.92 Å². The lowest BCUT2D eigenvalue weighted by atomic mass is 9.44. The van der Waals surface area contributed by atoms with Gasteiger partial charge in [0, 0.05) is 19.2 Å². The van der Waals surface area contributed by atoms with Crippen molar-refractivity contribution in [3.8, 4) is 0 Å². The first-order valence-electron chi connectivity index (χ1n) is 14.7. The summed E-state index contributed by atoms with van der Waals surface area (Å²) >= 11 is 0. The predicted molar refractivity (Wildman–Crippen MR) is 162 cm³/mol. The molecule has 0 aromatic rings. The van der Waals surface area contributed by atoms with Crippen molar-refractivity contribution in [3.63, 3.8) is 0 Å². The normalized spacial score (nSPS) is 36.4. The largest absolute Gasteiger partial charge is 0.461 e. The molecule has 39 heavy (non-hydrogen) atoms. The molecule has 7 nitrogen and oxygen atoms in total. The van der Waals surface area contributed by atoms with Gasteiger partial charge in [0.2, 0.25) is 0 Å². The maximum absolute atomic E-state index is 13.4. The van der Waals surface area contributed by atoms with Gasteiger partial charge in [0.05, 0.1) is 13.2 Å². The van der Waals surface area contributed by atoms with Crippen LogP contribution in [0.5, 0.6) is 0 Å². The van der Waals surface area contributed by atoms with Gasteiger partial charge in [0.15, 0.2) is 5.78 Å². The average molecular weight is 554 g/mol. The van der Waals surface area contributed by atoms with E-state index < -0.39 is 5.97 Å². The summed E-state index contributed by atoms with van der Waals surface area (Å²) in [5.74, 6) is 9.69. The summed E-state index contributed by atoms with van der Waals surface area (Å²) in [6, 6.07) is 0. The third-order valence-corrected chi connectivity index (χ3v) is 10.5. The molecule has 4 saturated carbocycles. The standard InChI is InChI=1S/C27H45N3O3.C2H6.CH4O.2CH4/c1-5-33-25(32)23(28)15-30(29)16-24(31)22-9-8-20-19-7-6-18-14-17(2)10-12-26(18,3)21(19)11-13-27(20,22)4;2*1-2;;/h15,17-22H,5-14,16,28-29H2,1-4H3;1-2H3;2H,1H3;2*1H4/b23-15-;;;;/t17?,18?,19?,20?,21?,22-,26?,27?;;;;/m1..../s1. The quantitative estimate of drug-likeness (QED) is 0.153. The van der Waals surface area contributed by atoms with E-state index in [1.807, 2.05) is 13.8 Å². The number of hydrogen-bond acceptors (Lipinski definition) is 7. The van der Waals surface area contributed by atoms with Crippen molar-refractivity contribution in [2.75, 3.05) is 20.3 Å². The second kappa shape index (κ2) is 16.0. The van der Waals surface area contributed by atoms with Gasteiger partial charge in [0.25, 0.3) is 0 Å². The Morgan fingerprint density at radius 2 is 1.56 bits per heavy atom. The number of ether oxygens (including phenoxy) is 1. The van der Waals surface area contributed by atoms with Crippen LogP contribution in [0.25, 0.3) is 0 Å². The fraction of sp³-hybridized carbons (Fsp3) is 0.875. The zero-order chi connectivity index (χ0) is 28.0. The maximum atomic E-state index is 13.4. The summed E-state index contributed by atoms with van der Waals surface area (Å²) in [4.78, 5) is 25.1. The molecule has 0 amide bonds. The summed E-state index contributed by atoms with van der Waals surface area (Å²) in [7, 11) is 1.00. The number of nitrogens with zero attached hydrogens (tertiary/aromatic N) is 1. The molecule has 0 aromatic carbocycles. The average Bonchev–Trinajstić information content (AvgIpc) is 3.24. The van der Waals surface area contributed by atoms with Crippen LogP contribution in [-0.4, -0.2) is 42.1 Å². The molecule has 7 unspecified atom stereocenters. The molecule has 0 bridgehead atoms. The van der Waals surface area contributed by atoms with E-state index >= 15 is 0 Å². The molecule has 5 N–H and O–H groups in total. The fourth-order valence-corrected chi connectivity index (χ4v) is 8.78. The number of ketones is 1. The van der Waals surface area contributed by atoms with E-state index in [0.717, 1.165) is 50.0 Å². The predicted octanol–water partition coefficient (Wildman–Crippen LogP) is 6.30. The number of aliphatic hydroxyl groups is 1. The molecule has 0 saturated heterocycles.